The van der Waals surface area contributed by atoms with E-state index in [9.17, 15) is 4.39 Å². The van der Waals surface area contributed by atoms with Crippen LogP contribution in [0.5, 0.6) is 0 Å². The van der Waals surface area contributed by atoms with Crippen molar-refractivity contribution >= 4 is 11.5 Å². The molecule has 3 nitrogen and oxygen atoms in total. The van der Waals surface area contributed by atoms with E-state index < -0.39 is 5.82 Å². The molecule has 16 heavy (non-hydrogen) atoms. The minimum atomic E-state index is -0.505. The van der Waals surface area contributed by atoms with Crippen LogP contribution >= 0.6 is 0 Å². The number of hydrogen-bond acceptors (Lipinski definition) is 2. The van der Waals surface area contributed by atoms with Gasteiger partial charge in [-0.25, -0.2) is 4.39 Å². The van der Waals surface area contributed by atoms with E-state index in [1.54, 1.807) is 6.07 Å². The van der Waals surface area contributed by atoms with Gasteiger partial charge in [0.25, 0.3) is 0 Å². The molecule has 1 heterocycles. The predicted octanol–water partition coefficient (Wildman–Crippen LogP) is 2.66. The highest BCUT2D eigenvalue weighted by molar-refractivity contribution is 5.96. The zero-order chi connectivity index (χ0) is 11.5. The summed E-state index contributed by atoms with van der Waals surface area (Å²) < 4.78 is 13.1. The molecule has 0 spiro atoms. The van der Waals surface area contributed by atoms with Gasteiger partial charge in [-0.3, -0.25) is 5.41 Å². The van der Waals surface area contributed by atoms with Crippen molar-refractivity contribution in [2.45, 2.75) is 19.3 Å². The van der Waals surface area contributed by atoms with Gasteiger partial charge in [0, 0.05) is 18.7 Å². The van der Waals surface area contributed by atoms with Crippen molar-refractivity contribution in [2.24, 2.45) is 0 Å². The molecule has 0 aliphatic carbocycles. The van der Waals surface area contributed by atoms with Gasteiger partial charge in [0.05, 0.1) is 5.56 Å². The third-order valence-electron chi connectivity index (χ3n) is 2.75. The molecule has 0 saturated carbocycles. The largest absolute Gasteiger partial charge is 0.330 e. The number of nitriles is 1. The van der Waals surface area contributed by atoms with E-state index in [0.29, 0.717) is 5.84 Å². The maximum absolute atomic E-state index is 13.1. The van der Waals surface area contributed by atoms with Crippen LogP contribution in [-0.2, 0) is 0 Å². The maximum Gasteiger partial charge on any atom is 0.141 e. The smallest absolute Gasteiger partial charge is 0.141 e. The number of nitrogens with zero attached hydrogens (tertiary/aromatic N) is 2. The number of benzene rings is 1. The minimum absolute atomic E-state index is 0.0378. The molecule has 82 valence electrons. The quantitative estimate of drug-likeness (QED) is 0.786. The fourth-order valence-electron chi connectivity index (χ4n) is 1.88. The molecule has 1 aromatic rings. The van der Waals surface area contributed by atoms with Crippen molar-refractivity contribution in [1.82, 2.24) is 0 Å². The van der Waals surface area contributed by atoms with Crippen LogP contribution < -0.4 is 4.90 Å². The molecule has 1 aliphatic rings. The molecular weight excluding hydrogens is 205 g/mol. The molecule has 0 atom stereocenters. The number of hydrogen-bond donors (Lipinski definition) is 1. The Morgan fingerprint density at radius 3 is 2.88 bits per heavy atom. The van der Waals surface area contributed by atoms with Crippen LogP contribution in [0.15, 0.2) is 18.2 Å². The van der Waals surface area contributed by atoms with Crippen molar-refractivity contribution < 1.29 is 4.39 Å². The first-order valence-electron chi connectivity index (χ1n) is 5.27. The average Bonchev–Trinajstić information content (AvgIpc) is 2.31. The van der Waals surface area contributed by atoms with Crippen LogP contribution in [0, 0.1) is 22.6 Å². The first-order chi connectivity index (χ1) is 7.72. The fraction of sp³-hybridized carbons (Fsp3) is 0.333. The third-order valence-corrected chi connectivity index (χ3v) is 2.75. The number of halogens is 1. The summed E-state index contributed by atoms with van der Waals surface area (Å²) in [7, 11) is 0. The second-order valence-electron chi connectivity index (χ2n) is 3.83. The first kappa shape index (κ1) is 10.6. The average molecular weight is 217 g/mol. The maximum atomic E-state index is 13.1. The van der Waals surface area contributed by atoms with Crippen molar-refractivity contribution in [3.8, 4) is 6.07 Å². The lowest BCUT2D eigenvalue weighted by Crippen LogP contribution is -2.34. The first-order valence-corrected chi connectivity index (χ1v) is 5.27. The summed E-state index contributed by atoms with van der Waals surface area (Å²) in [6.07, 6.45) is 2.81. The van der Waals surface area contributed by atoms with Crippen LogP contribution in [-0.4, -0.2) is 12.4 Å². The van der Waals surface area contributed by atoms with E-state index >= 15 is 0 Å². The van der Waals surface area contributed by atoms with E-state index in [2.05, 4.69) is 0 Å². The van der Waals surface area contributed by atoms with Gasteiger partial charge in [-0.2, -0.15) is 5.26 Å². The molecule has 1 aliphatic heterocycles. The number of piperidine rings is 1. The summed E-state index contributed by atoms with van der Waals surface area (Å²) in [5.74, 6) is 0.0385. The topological polar surface area (TPSA) is 50.9 Å². The Balaban J connectivity index is 2.33. The standard InChI is InChI=1S/C12H12FN3/c13-11-5-4-10(7-9(11)8-14)16-6-2-1-3-12(16)15/h4-5,7,15H,1-3,6H2. The normalized spacial score (nSPS) is 16.0. The highest BCUT2D eigenvalue weighted by atomic mass is 19.1. The summed E-state index contributed by atoms with van der Waals surface area (Å²) in [6, 6.07) is 6.24. The number of anilines is 1. The lowest BCUT2D eigenvalue weighted by molar-refractivity contribution is 0.623. The number of rotatable bonds is 1. The summed E-state index contributed by atoms with van der Waals surface area (Å²) in [5, 5.41) is 16.6. The SMILES string of the molecule is N#Cc1cc(N2CCCCC2=N)ccc1F. The van der Waals surface area contributed by atoms with Gasteiger partial charge in [-0.05, 0) is 31.0 Å². The van der Waals surface area contributed by atoms with Crippen LogP contribution in [0.1, 0.15) is 24.8 Å². The van der Waals surface area contributed by atoms with Crippen molar-refractivity contribution in [2.75, 3.05) is 11.4 Å². The second-order valence-corrected chi connectivity index (χ2v) is 3.83. The third kappa shape index (κ3) is 1.89. The Bertz CT molecular complexity index is 462. The Hall–Kier alpha value is -1.89. The molecule has 0 radical (unpaired) electrons. The van der Waals surface area contributed by atoms with Crippen LogP contribution in [0.3, 0.4) is 0 Å². The van der Waals surface area contributed by atoms with Gasteiger partial charge in [0.15, 0.2) is 0 Å². The molecule has 0 unspecified atom stereocenters. The molecule has 4 heteroatoms. The van der Waals surface area contributed by atoms with Gasteiger partial charge in [-0.15, -0.1) is 0 Å². The molecule has 0 amide bonds. The minimum Gasteiger partial charge on any atom is -0.330 e. The van der Waals surface area contributed by atoms with Gasteiger partial charge < -0.3 is 4.90 Å². The highest BCUT2D eigenvalue weighted by Crippen LogP contribution is 2.23. The molecular formula is C12H12FN3. The lowest BCUT2D eigenvalue weighted by Gasteiger charge is -2.29. The van der Waals surface area contributed by atoms with Crippen LogP contribution in [0.2, 0.25) is 0 Å². The highest BCUT2D eigenvalue weighted by Gasteiger charge is 2.17. The van der Waals surface area contributed by atoms with E-state index in [-0.39, 0.29) is 5.56 Å². The van der Waals surface area contributed by atoms with Gasteiger partial charge in [0.1, 0.15) is 17.7 Å². The Morgan fingerprint density at radius 2 is 2.19 bits per heavy atom. The Labute approximate surface area is 93.6 Å². The van der Waals surface area contributed by atoms with E-state index in [4.69, 9.17) is 10.7 Å². The molecule has 1 aromatic carbocycles. The Morgan fingerprint density at radius 1 is 1.38 bits per heavy atom. The zero-order valence-electron chi connectivity index (χ0n) is 8.83. The summed E-state index contributed by atoms with van der Waals surface area (Å²) in [5.41, 5.74) is 0.776. The number of amidine groups is 1. The molecule has 1 N–H and O–H groups in total. The zero-order valence-corrected chi connectivity index (χ0v) is 8.83. The second kappa shape index (κ2) is 4.31. The van der Waals surface area contributed by atoms with E-state index in [1.165, 1.54) is 12.1 Å². The van der Waals surface area contributed by atoms with Crippen LogP contribution in [0.25, 0.3) is 0 Å². The molecule has 0 aromatic heterocycles. The predicted molar refractivity (Wildman–Crippen MR) is 60.0 cm³/mol. The van der Waals surface area contributed by atoms with Crippen molar-refractivity contribution in [1.29, 1.82) is 10.7 Å². The van der Waals surface area contributed by atoms with Crippen molar-refractivity contribution in [3.63, 3.8) is 0 Å². The summed E-state index contributed by atoms with van der Waals surface area (Å²) in [6.45, 7) is 0.773. The molecule has 0 bridgehead atoms. The van der Waals surface area contributed by atoms with Gasteiger partial charge in [-0.1, -0.05) is 0 Å². The monoisotopic (exact) mass is 217 g/mol. The molecule has 2 rings (SSSR count). The van der Waals surface area contributed by atoms with E-state index in [0.717, 1.165) is 31.5 Å². The fourth-order valence-corrected chi connectivity index (χ4v) is 1.88. The Kier molecular flexibility index (Phi) is 2.86. The summed E-state index contributed by atoms with van der Waals surface area (Å²) >= 11 is 0. The molecule has 1 saturated heterocycles. The van der Waals surface area contributed by atoms with Crippen LogP contribution in [0.4, 0.5) is 10.1 Å². The van der Waals surface area contributed by atoms with Gasteiger partial charge >= 0.3 is 0 Å². The number of nitrogens with one attached hydrogen (secondary N) is 1. The lowest BCUT2D eigenvalue weighted by atomic mass is 10.1. The van der Waals surface area contributed by atoms with Crippen molar-refractivity contribution in [3.05, 3.63) is 29.6 Å². The molecule has 1 fully saturated rings. The van der Waals surface area contributed by atoms with E-state index in [1.807, 2.05) is 11.0 Å². The van der Waals surface area contributed by atoms with Gasteiger partial charge in [0.2, 0.25) is 0 Å². The summed E-state index contributed by atoms with van der Waals surface area (Å²) in [4.78, 5) is 1.84.